The van der Waals surface area contributed by atoms with Crippen LogP contribution in [0.3, 0.4) is 0 Å². The zero-order valence-electron chi connectivity index (χ0n) is 28.5. The Kier molecular flexibility index (Phi) is 12.8. The van der Waals surface area contributed by atoms with Crippen LogP contribution in [-0.2, 0) is 14.0 Å². The SMILES string of the molecule is Cc1c(Cl)cc(F)c(C=O)c1Br.Cc1c(Cl)cc2c(cnn2C2CCCCO2)c1B1OC(C)(C)C(C)(C)O1.Cc1cc([N+](=O)[O-])c(F)cc1Cl. The average Bonchev–Trinajstić information content (AvgIpc) is 3.55. The van der Waals surface area contributed by atoms with Gasteiger partial charge >= 0.3 is 12.8 Å². The third-order valence-corrected chi connectivity index (χ3v) is 11.3. The average molecular weight is 818 g/mol. The Labute approximate surface area is 312 Å². The summed E-state index contributed by atoms with van der Waals surface area (Å²) < 4.78 is 46.6. The molecule has 4 aromatic rings. The first kappa shape index (κ1) is 40.1. The second-order valence-electron chi connectivity index (χ2n) is 12.9. The van der Waals surface area contributed by atoms with Gasteiger partial charge in [0, 0.05) is 37.6 Å². The molecule has 0 spiro atoms. The summed E-state index contributed by atoms with van der Waals surface area (Å²) in [6, 6.07) is 5.16. The molecule has 2 aliphatic rings. The number of hydrogen-bond acceptors (Lipinski definition) is 7. The number of nitro groups is 1. The fraction of sp³-hybridized carbons (Fsp3) is 0.412. The highest BCUT2D eigenvalue weighted by molar-refractivity contribution is 9.10. The van der Waals surface area contributed by atoms with E-state index >= 15 is 0 Å². The minimum atomic E-state index is -0.907. The predicted octanol–water partition coefficient (Wildman–Crippen LogP) is 10.1. The minimum absolute atomic E-state index is 0.0110. The van der Waals surface area contributed by atoms with Gasteiger partial charge in [-0.05, 0) is 124 Å². The molecule has 0 amide bonds. The van der Waals surface area contributed by atoms with Crippen molar-refractivity contribution in [2.45, 2.75) is 85.2 Å². The maximum absolute atomic E-state index is 12.9. The Morgan fingerprint density at radius 2 is 1.58 bits per heavy atom. The van der Waals surface area contributed by atoms with E-state index in [0.29, 0.717) is 31.9 Å². The molecule has 1 atom stereocenters. The van der Waals surface area contributed by atoms with Crippen molar-refractivity contribution in [1.29, 1.82) is 0 Å². The van der Waals surface area contributed by atoms with E-state index in [4.69, 9.17) is 48.8 Å². The molecule has 0 radical (unpaired) electrons. The van der Waals surface area contributed by atoms with E-state index in [0.717, 1.165) is 66.0 Å². The molecular weight excluding hydrogens is 781 g/mol. The van der Waals surface area contributed by atoms with Crippen molar-refractivity contribution in [2.24, 2.45) is 0 Å². The fourth-order valence-corrected chi connectivity index (χ4v) is 6.45. The Morgan fingerprint density at radius 3 is 2.14 bits per heavy atom. The van der Waals surface area contributed by atoms with Crippen molar-refractivity contribution in [2.75, 3.05) is 6.61 Å². The molecule has 2 saturated heterocycles. The minimum Gasteiger partial charge on any atom is -0.399 e. The maximum Gasteiger partial charge on any atom is 0.495 e. The summed E-state index contributed by atoms with van der Waals surface area (Å²) >= 11 is 20.9. The highest BCUT2D eigenvalue weighted by Crippen LogP contribution is 2.38. The first-order chi connectivity index (χ1) is 23.3. The molecule has 268 valence electrons. The Hall–Kier alpha value is -2.65. The lowest BCUT2D eigenvalue weighted by atomic mass is 9.74. The smallest absolute Gasteiger partial charge is 0.399 e. The van der Waals surface area contributed by atoms with Gasteiger partial charge in [-0.3, -0.25) is 14.9 Å². The number of carbonyl (C=O) groups is 1. The van der Waals surface area contributed by atoms with Crippen molar-refractivity contribution in [1.82, 2.24) is 9.78 Å². The third-order valence-electron chi connectivity index (χ3n) is 9.04. The van der Waals surface area contributed by atoms with Crippen molar-refractivity contribution < 1.29 is 32.5 Å². The molecule has 6 rings (SSSR count). The molecule has 0 N–H and O–H groups in total. The molecule has 0 aliphatic carbocycles. The lowest BCUT2D eigenvalue weighted by molar-refractivity contribution is -0.387. The first-order valence-electron chi connectivity index (χ1n) is 15.6. The van der Waals surface area contributed by atoms with Gasteiger partial charge in [0.25, 0.3) is 0 Å². The summed E-state index contributed by atoms with van der Waals surface area (Å²) in [5.74, 6) is -1.51. The zero-order chi connectivity index (χ0) is 37.3. The largest absolute Gasteiger partial charge is 0.495 e. The van der Waals surface area contributed by atoms with Gasteiger partial charge in [0.2, 0.25) is 5.82 Å². The topological polar surface area (TPSA) is 106 Å². The molecule has 3 aromatic carbocycles. The van der Waals surface area contributed by atoms with Crippen LogP contribution in [0.2, 0.25) is 15.1 Å². The molecule has 3 heterocycles. The third kappa shape index (κ3) is 8.35. The number of aryl methyl sites for hydroxylation is 1. The number of aromatic nitrogens is 2. The number of hydrogen-bond donors (Lipinski definition) is 0. The Morgan fingerprint density at radius 1 is 0.980 bits per heavy atom. The normalized spacial score (nSPS) is 17.9. The van der Waals surface area contributed by atoms with Crippen LogP contribution >= 0.6 is 50.7 Å². The first-order valence-corrected chi connectivity index (χ1v) is 17.6. The molecular formula is C34H36BBrCl3F2N3O6. The molecule has 1 aromatic heterocycles. The quantitative estimate of drug-likeness (QED) is 0.0874. The molecule has 1 unspecified atom stereocenters. The van der Waals surface area contributed by atoms with E-state index in [9.17, 15) is 23.7 Å². The van der Waals surface area contributed by atoms with Crippen LogP contribution in [0.5, 0.6) is 0 Å². The number of benzene rings is 3. The number of halogens is 6. The number of fused-ring (bicyclic) bond motifs is 1. The van der Waals surface area contributed by atoms with Crippen LogP contribution in [0.25, 0.3) is 10.9 Å². The van der Waals surface area contributed by atoms with Gasteiger partial charge in [-0.2, -0.15) is 9.49 Å². The second kappa shape index (κ2) is 15.9. The van der Waals surface area contributed by atoms with Crippen LogP contribution in [-0.4, -0.2) is 45.9 Å². The Balaban J connectivity index is 0.000000195. The van der Waals surface area contributed by atoms with Crippen molar-refractivity contribution in [3.05, 3.63) is 94.0 Å². The van der Waals surface area contributed by atoms with Gasteiger partial charge in [-0.25, -0.2) is 9.07 Å². The summed E-state index contributed by atoms with van der Waals surface area (Å²) in [5.41, 5.74) is 2.73. The van der Waals surface area contributed by atoms with E-state index in [1.165, 1.54) is 0 Å². The second-order valence-corrected chi connectivity index (χ2v) is 15.0. The zero-order valence-corrected chi connectivity index (χ0v) is 32.4. The molecule has 16 heteroatoms. The summed E-state index contributed by atoms with van der Waals surface area (Å²) in [6.45, 7) is 14.3. The van der Waals surface area contributed by atoms with Crippen molar-refractivity contribution in [3.8, 4) is 0 Å². The van der Waals surface area contributed by atoms with Gasteiger partial charge in [-0.15, -0.1) is 0 Å². The van der Waals surface area contributed by atoms with E-state index < -0.39 is 40.6 Å². The van der Waals surface area contributed by atoms with Crippen LogP contribution in [0.4, 0.5) is 14.5 Å². The van der Waals surface area contributed by atoms with E-state index in [1.807, 2.05) is 23.9 Å². The molecule has 9 nitrogen and oxygen atoms in total. The molecule has 50 heavy (non-hydrogen) atoms. The van der Waals surface area contributed by atoms with E-state index in [1.54, 1.807) is 13.8 Å². The fourth-order valence-electron chi connectivity index (χ4n) is 5.29. The molecule has 2 aliphatic heterocycles. The number of nitrogens with zero attached hydrogens (tertiary/aromatic N) is 3. The van der Waals surface area contributed by atoms with E-state index in [-0.39, 0.29) is 16.8 Å². The van der Waals surface area contributed by atoms with Crippen molar-refractivity contribution >= 4 is 86.2 Å². The highest BCUT2D eigenvalue weighted by atomic mass is 79.9. The van der Waals surface area contributed by atoms with Crippen LogP contribution in [0.15, 0.2) is 34.9 Å². The number of carbonyl (C=O) groups excluding carboxylic acids is 1. The lowest BCUT2D eigenvalue weighted by Crippen LogP contribution is -2.41. The monoisotopic (exact) mass is 815 g/mol. The van der Waals surface area contributed by atoms with Gasteiger partial charge in [0.05, 0.1) is 33.4 Å². The maximum atomic E-state index is 12.9. The predicted molar refractivity (Wildman–Crippen MR) is 196 cm³/mol. The number of aldehydes is 1. The van der Waals surface area contributed by atoms with Crippen molar-refractivity contribution in [3.63, 3.8) is 0 Å². The number of ether oxygens (including phenoxy) is 1. The van der Waals surface area contributed by atoms with Crippen LogP contribution in [0, 0.1) is 42.5 Å². The Bertz CT molecular complexity index is 1920. The summed E-state index contributed by atoms with van der Waals surface area (Å²) in [6.07, 6.45) is 5.53. The van der Waals surface area contributed by atoms with Gasteiger partial charge in [0.1, 0.15) is 5.82 Å². The summed E-state index contributed by atoms with van der Waals surface area (Å²) in [7, 11) is -0.467. The molecule has 0 saturated carbocycles. The molecule has 0 bridgehead atoms. The van der Waals surface area contributed by atoms with Crippen LogP contribution < -0.4 is 5.46 Å². The van der Waals surface area contributed by atoms with Crippen LogP contribution in [0.1, 0.15) is 80.2 Å². The van der Waals surface area contributed by atoms with Gasteiger partial charge < -0.3 is 14.0 Å². The lowest BCUT2D eigenvalue weighted by Gasteiger charge is -2.32. The summed E-state index contributed by atoms with van der Waals surface area (Å²) in [5, 5.41) is 17.0. The highest BCUT2D eigenvalue weighted by Gasteiger charge is 2.52. The number of nitro benzene ring substituents is 1. The summed E-state index contributed by atoms with van der Waals surface area (Å²) in [4.78, 5) is 19.8. The number of rotatable bonds is 4. The van der Waals surface area contributed by atoms with Gasteiger partial charge in [-0.1, -0.05) is 34.8 Å². The standard InChI is InChI=1S/C19H26BClN2O3.C8H5BrClFO.C7H5ClFNO2/c1-12-14(21)10-15-13(11-22-23(15)16-8-6-7-9-24-16)17(12)20-25-18(2,3)19(4,5)26-20;1-4-6(10)2-7(11)5(3-12)8(4)9;1-4-2-7(10(11)12)6(9)3-5(4)8/h10-11,16H,6-9H2,1-5H3;2*2-3H,1H3. The van der Waals surface area contributed by atoms with E-state index in [2.05, 4.69) is 48.7 Å². The van der Waals surface area contributed by atoms with Gasteiger partial charge in [0.15, 0.2) is 12.5 Å². The molecule has 2 fully saturated rings.